The molecule has 5 nitrogen and oxygen atoms in total. The van der Waals surface area contributed by atoms with E-state index in [0.29, 0.717) is 13.2 Å². The third kappa shape index (κ3) is 3.02. The van der Waals surface area contributed by atoms with Gasteiger partial charge in [-0.05, 0) is 0 Å². The number of amides is 1. The number of ether oxygens (including phenoxy) is 2. The van der Waals surface area contributed by atoms with Gasteiger partial charge in [0.2, 0.25) is 0 Å². The molecule has 0 aromatic heterocycles. The third-order valence-electron chi connectivity index (χ3n) is 1.80. The van der Waals surface area contributed by atoms with Gasteiger partial charge in [-0.2, -0.15) is 5.10 Å². The molecule has 1 aliphatic heterocycles. The molecule has 0 aromatic carbocycles. The van der Waals surface area contributed by atoms with E-state index in [1.165, 1.54) is 12.1 Å². The standard InChI is InChI=1S/C8H14N2O3/c1-10(8(11)12-2)9-7-3-5-13-6-4-7/h3-6H2,1-2H3. The van der Waals surface area contributed by atoms with Crippen LogP contribution in [-0.2, 0) is 9.47 Å². The molecule has 1 saturated heterocycles. The molecule has 0 N–H and O–H groups in total. The summed E-state index contributed by atoms with van der Waals surface area (Å²) < 4.78 is 9.65. The second-order valence-electron chi connectivity index (χ2n) is 2.77. The fourth-order valence-corrected chi connectivity index (χ4v) is 1.09. The molecule has 5 heteroatoms. The van der Waals surface area contributed by atoms with Gasteiger partial charge in [0.25, 0.3) is 0 Å². The molecule has 0 radical (unpaired) electrons. The number of methoxy groups -OCH3 is 1. The largest absolute Gasteiger partial charge is 0.451 e. The lowest BCUT2D eigenvalue weighted by atomic mass is 10.2. The molecule has 0 aromatic rings. The minimum absolute atomic E-state index is 0.445. The summed E-state index contributed by atoms with van der Waals surface area (Å²) in [5.41, 5.74) is 0.985. The van der Waals surface area contributed by atoms with Crippen LogP contribution in [0.5, 0.6) is 0 Å². The van der Waals surface area contributed by atoms with Crippen molar-refractivity contribution in [3.63, 3.8) is 0 Å². The molecule has 74 valence electrons. The van der Waals surface area contributed by atoms with E-state index in [0.717, 1.165) is 18.6 Å². The normalized spacial score (nSPS) is 16.6. The van der Waals surface area contributed by atoms with E-state index < -0.39 is 6.09 Å². The Hall–Kier alpha value is -1.10. The van der Waals surface area contributed by atoms with Gasteiger partial charge in [-0.1, -0.05) is 0 Å². The maximum Gasteiger partial charge on any atom is 0.429 e. The van der Waals surface area contributed by atoms with Crippen LogP contribution in [0, 0.1) is 0 Å². The van der Waals surface area contributed by atoms with E-state index in [4.69, 9.17) is 4.74 Å². The second-order valence-corrected chi connectivity index (χ2v) is 2.77. The van der Waals surface area contributed by atoms with E-state index >= 15 is 0 Å². The molecule has 13 heavy (non-hydrogen) atoms. The summed E-state index contributed by atoms with van der Waals surface area (Å²) in [6.07, 6.45) is 1.14. The van der Waals surface area contributed by atoms with Crippen molar-refractivity contribution in [3.8, 4) is 0 Å². The van der Waals surface area contributed by atoms with Gasteiger partial charge in [-0.25, -0.2) is 9.80 Å². The molecule has 1 amide bonds. The minimum atomic E-state index is -0.445. The molecule has 0 spiro atoms. The topological polar surface area (TPSA) is 51.1 Å². The Balaban J connectivity index is 2.47. The van der Waals surface area contributed by atoms with Gasteiger partial charge in [0.05, 0.1) is 20.3 Å². The van der Waals surface area contributed by atoms with Gasteiger partial charge in [-0.15, -0.1) is 0 Å². The van der Waals surface area contributed by atoms with Crippen LogP contribution in [0.1, 0.15) is 12.8 Å². The predicted molar refractivity (Wildman–Crippen MR) is 47.7 cm³/mol. The Kier molecular flexibility index (Phi) is 3.70. The highest BCUT2D eigenvalue weighted by Crippen LogP contribution is 2.04. The molecule has 0 atom stereocenters. The van der Waals surface area contributed by atoms with Crippen LogP contribution in [0.15, 0.2) is 5.10 Å². The molecule has 0 unspecified atom stereocenters. The van der Waals surface area contributed by atoms with Crippen LogP contribution in [0.3, 0.4) is 0 Å². The Morgan fingerprint density at radius 3 is 2.69 bits per heavy atom. The van der Waals surface area contributed by atoms with Crippen molar-refractivity contribution < 1.29 is 14.3 Å². The van der Waals surface area contributed by atoms with E-state index in [2.05, 4.69) is 9.84 Å². The predicted octanol–water partition coefficient (Wildman–Crippen LogP) is 0.851. The zero-order valence-corrected chi connectivity index (χ0v) is 7.95. The zero-order chi connectivity index (χ0) is 9.68. The van der Waals surface area contributed by atoms with E-state index in [1.807, 2.05) is 0 Å². The van der Waals surface area contributed by atoms with Crippen molar-refractivity contribution in [1.82, 2.24) is 5.01 Å². The van der Waals surface area contributed by atoms with Crippen LogP contribution >= 0.6 is 0 Å². The lowest BCUT2D eigenvalue weighted by molar-refractivity contribution is 0.126. The lowest BCUT2D eigenvalue weighted by Gasteiger charge is -2.16. The summed E-state index contributed by atoms with van der Waals surface area (Å²) in [6, 6.07) is 0. The van der Waals surface area contributed by atoms with Gasteiger partial charge in [0.1, 0.15) is 0 Å². The number of rotatable bonds is 1. The van der Waals surface area contributed by atoms with E-state index in [1.54, 1.807) is 7.05 Å². The number of carbonyl (C=O) groups excluding carboxylic acids is 1. The summed E-state index contributed by atoms with van der Waals surface area (Å²) >= 11 is 0. The first-order valence-corrected chi connectivity index (χ1v) is 4.20. The number of hydrogen-bond donors (Lipinski definition) is 0. The number of hydrazone groups is 1. The Bertz CT molecular complexity index is 207. The van der Waals surface area contributed by atoms with E-state index in [9.17, 15) is 4.79 Å². The van der Waals surface area contributed by atoms with Gasteiger partial charge in [0.15, 0.2) is 0 Å². The Labute approximate surface area is 77.3 Å². The van der Waals surface area contributed by atoms with Crippen molar-refractivity contribution in [2.45, 2.75) is 12.8 Å². The highest BCUT2D eigenvalue weighted by molar-refractivity contribution is 5.86. The average Bonchev–Trinajstić information content (AvgIpc) is 2.18. The first kappa shape index (κ1) is 9.98. The van der Waals surface area contributed by atoms with Crippen molar-refractivity contribution in [1.29, 1.82) is 0 Å². The second kappa shape index (κ2) is 4.81. The maximum atomic E-state index is 11.0. The number of hydrogen-bond acceptors (Lipinski definition) is 4. The van der Waals surface area contributed by atoms with Crippen LogP contribution < -0.4 is 0 Å². The summed E-state index contributed by atoms with van der Waals surface area (Å²) in [4.78, 5) is 11.0. The zero-order valence-electron chi connectivity index (χ0n) is 7.95. The quantitative estimate of drug-likeness (QED) is 0.570. The smallest absolute Gasteiger partial charge is 0.429 e. The van der Waals surface area contributed by atoms with Crippen LogP contribution in [0.25, 0.3) is 0 Å². The number of nitrogens with zero attached hydrogens (tertiary/aromatic N) is 2. The Morgan fingerprint density at radius 2 is 2.15 bits per heavy atom. The molecule has 1 heterocycles. The minimum Gasteiger partial charge on any atom is -0.451 e. The highest BCUT2D eigenvalue weighted by atomic mass is 16.5. The summed E-state index contributed by atoms with van der Waals surface area (Å²) in [7, 11) is 2.91. The average molecular weight is 186 g/mol. The van der Waals surface area contributed by atoms with Gasteiger partial charge < -0.3 is 9.47 Å². The molecule has 1 fully saturated rings. The summed E-state index contributed by atoms with van der Waals surface area (Å²) in [5, 5.41) is 5.31. The molecule has 1 rings (SSSR count). The monoisotopic (exact) mass is 186 g/mol. The molecule has 0 saturated carbocycles. The molecule has 0 aliphatic carbocycles. The van der Waals surface area contributed by atoms with Crippen molar-refractivity contribution in [3.05, 3.63) is 0 Å². The molecular weight excluding hydrogens is 172 g/mol. The van der Waals surface area contributed by atoms with Crippen LogP contribution in [0.2, 0.25) is 0 Å². The maximum absolute atomic E-state index is 11.0. The molecule has 0 bridgehead atoms. The number of carbonyl (C=O) groups is 1. The highest BCUT2D eigenvalue weighted by Gasteiger charge is 2.11. The van der Waals surface area contributed by atoms with Crippen molar-refractivity contribution in [2.75, 3.05) is 27.4 Å². The lowest BCUT2D eigenvalue weighted by Crippen LogP contribution is -2.25. The fraction of sp³-hybridized carbons (Fsp3) is 0.750. The van der Waals surface area contributed by atoms with Crippen molar-refractivity contribution >= 4 is 11.8 Å². The Morgan fingerprint density at radius 1 is 1.54 bits per heavy atom. The van der Waals surface area contributed by atoms with E-state index in [-0.39, 0.29) is 0 Å². The molecular formula is C8H14N2O3. The van der Waals surface area contributed by atoms with Gasteiger partial charge in [-0.3, -0.25) is 0 Å². The third-order valence-corrected chi connectivity index (χ3v) is 1.80. The molecule has 1 aliphatic rings. The summed E-state index contributed by atoms with van der Waals surface area (Å²) in [6.45, 7) is 1.38. The van der Waals surface area contributed by atoms with Crippen LogP contribution in [0.4, 0.5) is 4.79 Å². The first-order chi connectivity index (χ1) is 6.24. The SMILES string of the molecule is COC(=O)N(C)N=C1CCOCC1. The summed E-state index contributed by atoms with van der Waals surface area (Å²) in [5.74, 6) is 0. The van der Waals surface area contributed by atoms with Crippen LogP contribution in [-0.4, -0.2) is 44.2 Å². The van der Waals surface area contributed by atoms with Crippen molar-refractivity contribution in [2.24, 2.45) is 5.10 Å². The first-order valence-electron chi connectivity index (χ1n) is 4.20. The van der Waals surface area contributed by atoms with Gasteiger partial charge >= 0.3 is 6.09 Å². The van der Waals surface area contributed by atoms with Gasteiger partial charge in [0, 0.05) is 25.6 Å². The fourth-order valence-electron chi connectivity index (χ4n) is 1.09.